The first-order chi connectivity index (χ1) is 19.1. The number of halogens is 1. The van der Waals surface area contributed by atoms with Crippen LogP contribution in [-0.2, 0) is 11.4 Å². The van der Waals surface area contributed by atoms with Crippen LogP contribution >= 0.6 is 15.9 Å². The first kappa shape index (κ1) is 30.0. The number of benzene rings is 3. The molecule has 7 nitrogen and oxygen atoms in total. The predicted molar refractivity (Wildman–Crippen MR) is 158 cm³/mol. The highest BCUT2D eigenvalue weighted by Gasteiger charge is 2.07. The van der Waals surface area contributed by atoms with Crippen molar-refractivity contribution < 1.29 is 23.7 Å². The molecular formula is C31H37BrN2O5. The molecule has 208 valence electrons. The summed E-state index contributed by atoms with van der Waals surface area (Å²) in [6.07, 6.45) is 8.88. The Labute approximate surface area is 239 Å². The molecule has 3 rings (SSSR count). The van der Waals surface area contributed by atoms with Gasteiger partial charge in [-0.2, -0.15) is 5.10 Å². The second-order valence-corrected chi connectivity index (χ2v) is 9.91. The molecule has 0 atom stereocenters. The number of hydrogen-bond acceptors (Lipinski definition) is 6. The van der Waals surface area contributed by atoms with E-state index < -0.39 is 0 Å². The van der Waals surface area contributed by atoms with Gasteiger partial charge in [-0.25, -0.2) is 5.43 Å². The smallest absolute Gasteiger partial charge is 0.277 e. The Hall–Kier alpha value is -3.52. The minimum atomic E-state index is -0.380. The summed E-state index contributed by atoms with van der Waals surface area (Å²) >= 11 is 3.47. The first-order valence-corrected chi connectivity index (χ1v) is 14.1. The number of hydrazone groups is 1. The highest BCUT2D eigenvalue weighted by Crippen LogP contribution is 2.24. The van der Waals surface area contributed by atoms with Crippen molar-refractivity contribution in [3.05, 3.63) is 82.3 Å². The SMILES string of the molecule is CCCCCCCCOc1ccc(OCC(=O)NN=Cc2cc(OC)ccc2OCc2cccc(Br)c2)cc1. The first-order valence-electron chi connectivity index (χ1n) is 13.3. The van der Waals surface area contributed by atoms with Crippen molar-refractivity contribution in [3.63, 3.8) is 0 Å². The Morgan fingerprint density at radius 3 is 2.33 bits per heavy atom. The van der Waals surface area contributed by atoms with Crippen molar-refractivity contribution >= 4 is 28.1 Å². The van der Waals surface area contributed by atoms with Crippen LogP contribution in [0.15, 0.2) is 76.3 Å². The maximum atomic E-state index is 12.3. The Morgan fingerprint density at radius 1 is 0.872 bits per heavy atom. The molecule has 0 heterocycles. The maximum absolute atomic E-state index is 12.3. The maximum Gasteiger partial charge on any atom is 0.277 e. The number of hydrogen-bond donors (Lipinski definition) is 1. The number of carbonyl (C=O) groups is 1. The Kier molecular flexibility index (Phi) is 13.2. The van der Waals surface area contributed by atoms with Crippen LogP contribution in [0.1, 0.15) is 56.6 Å². The summed E-state index contributed by atoms with van der Waals surface area (Å²) in [7, 11) is 1.59. The van der Waals surface area contributed by atoms with E-state index in [1.807, 2.05) is 48.5 Å². The van der Waals surface area contributed by atoms with Crippen LogP contribution in [0.4, 0.5) is 0 Å². The summed E-state index contributed by atoms with van der Waals surface area (Å²) in [5, 5.41) is 4.07. The van der Waals surface area contributed by atoms with E-state index in [1.165, 1.54) is 38.3 Å². The lowest BCUT2D eigenvalue weighted by Crippen LogP contribution is -2.24. The van der Waals surface area contributed by atoms with Crippen LogP contribution in [0.3, 0.4) is 0 Å². The fourth-order valence-electron chi connectivity index (χ4n) is 3.73. The molecule has 0 unspecified atom stereocenters. The van der Waals surface area contributed by atoms with Gasteiger partial charge in [-0.1, -0.05) is 67.1 Å². The monoisotopic (exact) mass is 596 g/mol. The average molecular weight is 598 g/mol. The Balaban J connectivity index is 1.43. The third-order valence-electron chi connectivity index (χ3n) is 5.85. The van der Waals surface area contributed by atoms with Gasteiger partial charge in [-0.3, -0.25) is 4.79 Å². The summed E-state index contributed by atoms with van der Waals surface area (Å²) in [4.78, 5) is 12.3. The van der Waals surface area contributed by atoms with E-state index in [4.69, 9.17) is 18.9 Å². The summed E-state index contributed by atoms with van der Waals surface area (Å²) in [6, 6.07) is 20.6. The number of carbonyl (C=O) groups excluding carboxylic acids is 1. The zero-order chi connectivity index (χ0) is 27.7. The largest absolute Gasteiger partial charge is 0.497 e. The van der Waals surface area contributed by atoms with Gasteiger partial charge in [-0.15, -0.1) is 0 Å². The van der Waals surface area contributed by atoms with Gasteiger partial charge in [0.05, 0.1) is 19.9 Å². The molecule has 1 amide bonds. The predicted octanol–water partition coefficient (Wildman–Crippen LogP) is 7.31. The third kappa shape index (κ3) is 11.4. The number of nitrogens with zero attached hydrogens (tertiary/aromatic N) is 1. The van der Waals surface area contributed by atoms with Crippen molar-refractivity contribution in [2.75, 3.05) is 20.3 Å². The van der Waals surface area contributed by atoms with E-state index in [2.05, 4.69) is 33.4 Å². The lowest BCUT2D eigenvalue weighted by atomic mass is 10.1. The molecule has 0 saturated carbocycles. The molecule has 3 aromatic rings. The van der Waals surface area contributed by atoms with Gasteiger partial charge in [-0.05, 0) is 66.6 Å². The second-order valence-electron chi connectivity index (χ2n) is 8.99. The number of ether oxygens (including phenoxy) is 4. The summed E-state index contributed by atoms with van der Waals surface area (Å²) in [6.45, 7) is 3.14. The molecule has 0 aliphatic rings. The Bertz CT molecular complexity index is 1180. The summed E-state index contributed by atoms with van der Waals surface area (Å²) in [5.74, 6) is 2.26. The van der Waals surface area contributed by atoms with Gasteiger partial charge < -0.3 is 18.9 Å². The number of nitrogens with one attached hydrogen (secondary N) is 1. The van der Waals surface area contributed by atoms with Crippen molar-refractivity contribution in [1.82, 2.24) is 5.43 Å². The fourth-order valence-corrected chi connectivity index (χ4v) is 4.18. The van der Waals surface area contributed by atoms with Crippen LogP contribution in [-0.4, -0.2) is 32.4 Å². The zero-order valence-electron chi connectivity index (χ0n) is 22.7. The molecular weight excluding hydrogens is 560 g/mol. The molecule has 0 aliphatic carbocycles. The number of rotatable bonds is 17. The van der Waals surface area contributed by atoms with E-state index in [9.17, 15) is 4.79 Å². The molecule has 1 N–H and O–H groups in total. The van der Waals surface area contributed by atoms with Crippen LogP contribution in [0.5, 0.6) is 23.0 Å². The third-order valence-corrected chi connectivity index (χ3v) is 6.35. The summed E-state index contributed by atoms with van der Waals surface area (Å²) < 4.78 is 23.6. The number of amides is 1. The van der Waals surface area contributed by atoms with E-state index in [0.29, 0.717) is 36.0 Å². The zero-order valence-corrected chi connectivity index (χ0v) is 24.2. The minimum absolute atomic E-state index is 0.167. The van der Waals surface area contributed by atoms with E-state index >= 15 is 0 Å². The van der Waals surface area contributed by atoms with Gasteiger partial charge in [0.1, 0.15) is 29.6 Å². The van der Waals surface area contributed by atoms with Crippen molar-refractivity contribution in [3.8, 4) is 23.0 Å². The van der Waals surface area contributed by atoms with Gasteiger partial charge in [0.2, 0.25) is 0 Å². The summed E-state index contributed by atoms with van der Waals surface area (Å²) in [5.41, 5.74) is 4.18. The average Bonchev–Trinajstić information content (AvgIpc) is 2.95. The van der Waals surface area contributed by atoms with Crippen molar-refractivity contribution in [2.24, 2.45) is 5.10 Å². The van der Waals surface area contributed by atoms with Crippen LogP contribution in [0.25, 0.3) is 0 Å². The van der Waals surface area contributed by atoms with Crippen LogP contribution < -0.4 is 24.4 Å². The lowest BCUT2D eigenvalue weighted by Gasteiger charge is -2.11. The van der Waals surface area contributed by atoms with Gasteiger partial charge in [0.15, 0.2) is 6.61 Å². The standard InChI is InChI=1S/C31H37BrN2O5/c1-3-4-5-6-7-8-18-37-27-12-14-28(15-13-27)38-23-31(35)34-33-21-25-20-29(36-2)16-17-30(25)39-22-24-10-9-11-26(32)19-24/h9-17,19-21H,3-8,18,22-23H2,1-2H3,(H,34,35). The lowest BCUT2D eigenvalue weighted by molar-refractivity contribution is -0.123. The minimum Gasteiger partial charge on any atom is -0.497 e. The van der Waals surface area contributed by atoms with E-state index in [1.54, 1.807) is 25.3 Å². The van der Waals surface area contributed by atoms with E-state index in [0.717, 1.165) is 22.2 Å². The normalized spacial score (nSPS) is 10.8. The highest BCUT2D eigenvalue weighted by molar-refractivity contribution is 9.10. The number of methoxy groups -OCH3 is 1. The van der Waals surface area contributed by atoms with Crippen LogP contribution in [0.2, 0.25) is 0 Å². The molecule has 0 radical (unpaired) electrons. The molecule has 3 aromatic carbocycles. The molecule has 0 fully saturated rings. The van der Waals surface area contributed by atoms with Gasteiger partial charge in [0.25, 0.3) is 5.91 Å². The molecule has 39 heavy (non-hydrogen) atoms. The molecule has 0 spiro atoms. The highest BCUT2D eigenvalue weighted by atomic mass is 79.9. The van der Waals surface area contributed by atoms with E-state index in [-0.39, 0.29) is 12.5 Å². The molecule has 8 heteroatoms. The molecule has 0 aromatic heterocycles. The topological polar surface area (TPSA) is 78.4 Å². The molecule has 0 bridgehead atoms. The van der Waals surface area contributed by atoms with Gasteiger partial charge >= 0.3 is 0 Å². The Morgan fingerprint density at radius 2 is 1.59 bits per heavy atom. The van der Waals surface area contributed by atoms with Crippen molar-refractivity contribution in [2.45, 2.75) is 52.1 Å². The molecule has 0 aliphatic heterocycles. The molecule has 0 saturated heterocycles. The quantitative estimate of drug-likeness (QED) is 0.100. The number of unbranched alkanes of at least 4 members (excludes halogenated alkanes) is 5. The van der Waals surface area contributed by atoms with Gasteiger partial charge in [0, 0.05) is 10.0 Å². The second kappa shape index (κ2) is 17.1. The fraction of sp³-hybridized carbons (Fsp3) is 0.355. The van der Waals surface area contributed by atoms with Crippen LogP contribution in [0, 0.1) is 0 Å². The van der Waals surface area contributed by atoms with Crippen molar-refractivity contribution in [1.29, 1.82) is 0 Å².